The summed E-state index contributed by atoms with van der Waals surface area (Å²) in [6, 6.07) is 11.9. The zero-order valence-electron chi connectivity index (χ0n) is 22.7. The summed E-state index contributed by atoms with van der Waals surface area (Å²) < 4.78 is 0. The predicted molar refractivity (Wildman–Crippen MR) is 148 cm³/mol. The van der Waals surface area contributed by atoms with Crippen LogP contribution in [-0.2, 0) is 25.6 Å². The standard InChI is InChI=1S/C29H41N5O4/c1-4-21(5-2)29(38)34-16-8-11-25(34)28(37)33-24(27(36)32-15-14-31-26(35)19(3)30)18-20-12-13-22-9-6-7-10-23(22)17-20/h6-7,9-10,12-13,17,19,21,24-25H,4-5,8,11,14-16,18,30H2,1-3H3,(H,31,35)(H,32,36)(H,33,37)/t19?,24-,25+/m1/s1. The molecule has 1 aliphatic rings. The van der Waals surface area contributed by atoms with E-state index in [1.54, 1.807) is 11.8 Å². The number of hydrogen-bond acceptors (Lipinski definition) is 5. The third-order valence-electron chi connectivity index (χ3n) is 7.20. The maximum Gasteiger partial charge on any atom is 0.243 e. The van der Waals surface area contributed by atoms with Crippen LogP contribution < -0.4 is 21.7 Å². The monoisotopic (exact) mass is 523 g/mol. The minimum atomic E-state index is -0.835. The number of benzene rings is 2. The summed E-state index contributed by atoms with van der Waals surface area (Å²) in [4.78, 5) is 53.1. The summed E-state index contributed by atoms with van der Waals surface area (Å²) in [7, 11) is 0. The molecule has 38 heavy (non-hydrogen) atoms. The van der Waals surface area contributed by atoms with Crippen LogP contribution in [0.15, 0.2) is 42.5 Å². The molecule has 1 unspecified atom stereocenters. The van der Waals surface area contributed by atoms with Gasteiger partial charge in [0.1, 0.15) is 12.1 Å². The van der Waals surface area contributed by atoms with Gasteiger partial charge in [-0.25, -0.2) is 0 Å². The van der Waals surface area contributed by atoms with Crippen molar-refractivity contribution in [1.29, 1.82) is 0 Å². The van der Waals surface area contributed by atoms with Gasteiger partial charge in [0.05, 0.1) is 6.04 Å². The third kappa shape index (κ3) is 7.54. The van der Waals surface area contributed by atoms with Crippen molar-refractivity contribution in [2.45, 2.75) is 71.0 Å². The molecule has 0 aromatic heterocycles. The number of carbonyl (C=O) groups is 4. The van der Waals surface area contributed by atoms with Gasteiger partial charge in [-0.05, 0) is 48.9 Å². The number of nitrogens with one attached hydrogen (secondary N) is 3. The fourth-order valence-electron chi connectivity index (χ4n) is 4.91. The Morgan fingerprint density at radius 1 is 0.974 bits per heavy atom. The van der Waals surface area contributed by atoms with E-state index >= 15 is 0 Å². The lowest BCUT2D eigenvalue weighted by molar-refractivity contribution is -0.142. The van der Waals surface area contributed by atoms with Crippen molar-refractivity contribution in [2.75, 3.05) is 19.6 Å². The maximum atomic E-state index is 13.4. The van der Waals surface area contributed by atoms with E-state index in [2.05, 4.69) is 16.0 Å². The summed E-state index contributed by atoms with van der Waals surface area (Å²) >= 11 is 0. The first-order chi connectivity index (χ1) is 18.2. The van der Waals surface area contributed by atoms with Crippen LogP contribution in [0.5, 0.6) is 0 Å². The summed E-state index contributed by atoms with van der Waals surface area (Å²) in [5.74, 6) is -1.06. The molecular weight excluding hydrogens is 482 g/mol. The molecule has 3 atom stereocenters. The SMILES string of the molecule is CCC(CC)C(=O)N1CCC[C@H]1C(=O)N[C@H](Cc1ccc2ccccc2c1)C(=O)NCCNC(=O)C(C)N. The van der Waals surface area contributed by atoms with E-state index in [4.69, 9.17) is 5.73 Å². The van der Waals surface area contributed by atoms with E-state index in [0.29, 0.717) is 19.4 Å². The number of rotatable bonds is 12. The number of nitrogens with two attached hydrogens (primary N) is 1. The Bertz CT molecular complexity index is 1130. The molecular formula is C29H41N5O4. The second kappa shape index (κ2) is 13.9. The molecule has 9 heteroatoms. The predicted octanol–water partition coefficient (Wildman–Crippen LogP) is 1.87. The van der Waals surface area contributed by atoms with Crippen LogP contribution in [0.1, 0.15) is 52.0 Å². The lowest BCUT2D eigenvalue weighted by Crippen LogP contribution is -2.55. The van der Waals surface area contributed by atoms with Gasteiger partial charge in [-0.15, -0.1) is 0 Å². The largest absolute Gasteiger partial charge is 0.353 e. The van der Waals surface area contributed by atoms with Crippen LogP contribution in [-0.4, -0.2) is 66.3 Å². The Morgan fingerprint density at radius 2 is 1.63 bits per heavy atom. The Morgan fingerprint density at radius 3 is 2.29 bits per heavy atom. The zero-order chi connectivity index (χ0) is 27.7. The Kier molecular flexibility index (Phi) is 10.6. The molecule has 1 fully saturated rings. The Balaban J connectivity index is 1.73. The molecule has 1 heterocycles. The minimum Gasteiger partial charge on any atom is -0.353 e. The molecule has 2 aromatic carbocycles. The second-order valence-electron chi connectivity index (χ2n) is 10.0. The molecule has 9 nitrogen and oxygen atoms in total. The first-order valence-corrected chi connectivity index (χ1v) is 13.6. The highest BCUT2D eigenvalue weighted by molar-refractivity contribution is 5.93. The number of likely N-dealkylation sites (tertiary alicyclic amines) is 1. The van der Waals surface area contributed by atoms with E-state index in [-0.39, 0.29) is 42.6 Å². The highest BCUT2D eigenvalue weighted by Gasteiger charge is 2.37. The first-order valence-electron chi connectivity index (χ1n) is 13.6. The molecule has 2 aromatic rings. The maximum absolute atomic E-state index is 13.4. The number of nitrogens with zero attached hydrogens (tertiary/aromatic N) is 1. The highest BCUT2D eigenvalue weighted by Crippen LogP contribution is 2.23. The number of hydrogen-bond donors (Lipinski definition) is 4. The molecule has 0 aliphatic carbocycles. The van der Waals surface area contributed by atoms with Gasteiger partial charge in [0.15, 0.2) is 0 Å². The van der Waals surface area contributed by atoms with Crippen molar-refractivity contribution >= 4 is 34.4 Å². The minimum absolute atomic E-state index is 0.00746. The van der Waals surface area contributed by atoms with Crippen molar-refractivity contribution in [3.63, 3.8) is 0 Å². The van der Waals surface area contributed by atoms with E-state index in [1.165, 1.54) is 0 Å². The van der Waals surface area contributed by atoms with E-state index in [1.807, 2.05) is 56.3 Å². The van der Waals surface area contributed by atoms with Gasteiger partial charge in [-0.2, -0.15) is 0 Å². The van der Waals surface area contributed by atoms with Gasteiger partial charge < -0.3 is 26.6 Å². The number of fused-ring (bicyclic) bond motifs is 1. The molecule has 1 saturated heterocycles. The number of amides is 4. The average Bonchev–Trinajstić information content (AvgIpc) is 3.41. The number of carbonyl (C=O) groups excluding carboxylic acids is 4. The summed E-state index contributed by atoms with van der Waals surface area (Å²) in [5, 5.41) is 10.5. The first kappa shape index (κ1) is 29.1. The van der Waals surface area contributed by atoms with Gasteiger partial charge >= 0.3 is 0 Å². The lowest BCUT2D eigenvalue weighted by atomic mass is 10.00. The van der Waals surface area contributed by atoms with Crippen LogP contribution in [0, 0.1) is 5.92 Å². The van der Waals surface area contributed by atoms with Crippen LogP contribution in [0.3, 0.4) is 0 Å². The smallest absolute Gasteiger partial charge is 0.243 e. The van der Waals surface area contributed by atoms with Crippen molar-refractivity contribution < 1.29 is 19.2 Å². The molecule has 0 spiro atoms. The molecule has 206 valence electrons. The summed E-state index contributed by atoms with van der Waals surface area (Å²) in [5.41, 5.74) is 6.47. The van der Waals surface area contributed by atoms with Gasteiger partial charge in [0.2, 0.25) is 23.6 Å². The van der Waals surface area contributed by atoms with Crippen LogP contribution in [0.4, 0.5) is 0 Å². The van der Waals surface area contributed by atoms with Crippen LogP contribution >= 0.6 is 0 Å². The second-order valence-corrected chi connectivity index (χ2v) is 10.0. The van der Waals surface area contributed by atoms with Crippen molar-refractivity contribution in [3.05, 3.63) is 48.0 Å². The highest BCUT2D eigenvalue weighted by atomic mass is 16.2. The van der Waals surface area contributed by atoms with E-state index in [9.17, 15) is 19.2 Å². The van der Waals surface area contributed by atoms with Crippen LogP contribution in [0.2, 0.25) is 0 Å². The molecule has 0 saturated carbocycles. The van der Waals surface area contributed by atoms with E-state index in [0.717, 1.165) is 35.6 Å². The average molecular weight is 524 g/mol. The van der Waals surface area contributed by atoms with Gasteiger partial charge in [-0.3, -0.25) is 19.2 Å². The van der Waals surface area contributed by atoms with Gasteiger partial charge in [0.25, 0.3) is 0 Å². The fourth-order valence-corrected chi connectivity index (χ4v) is 4.91. The van der Waals surface area contributed by atoms with Gasteiger partial charge in [-0.1, -0.05) is 56.3 Å². The van der Waals surface area contributed by atoms with Crippen molar-refractivity contribution in [3.8, 4) is 0 Å². The van der Waals surface area contributed by atoms with Crippen molar-refractivity contribution in [2.24, 2.45) is 11.7 Å². The van der Waals surface area contributed by atoms with Crippen molar-refractivity contribution in [1.82, 2.24) is 20.9 Å². The third-order valence-corrected chi connectivity index (χ3v) is 7.20. The molecule has 0 bridgehead atoms. The Labute approximate surface area is 224 Å². The molecule has 3 rings (SSSR count). The fraction of sp³-hybridized carbons (Fsp3) is 0.517. The van der Waals surface area contributed by atoms with Crippen LogP contribution in [0.25, 0.3) is 10.8 Å². The molecule has 1 aliphatic heterocycles. The molecule has 4 amide bonds. The van der Waals surface area contributed by atoms with E-state index < -0.39 is 18.1 Å². The Hall–Kier alpha value is -3.46. The normalized spacial score (nSPS) is 16.8. The summed E-state index contributed by atoms with van der Waals surface area (Å²) in [6.07, 6.45) is 3.08. The summed E-state index contributed by atoms with van der Waals surface area (Å²) in [6.45, 7) is 6.53. The molecule has 0 radical (unpaired) electrons. The lowest BCUT2D eigenvalue weighted by Gasteiger charge is -2.29. The topological polar surface area (TPSA) is 134 Å². The zero-order valence-corrected chi connectivity index (χ0v) is 22.7. The van der Waals surface area contributed by atoms with Gasteiger partial charge in [0, 0.05) is 32.0 Å². The molecule has 5 N–H and O–H groups in total. The quantitative estimate of drug-likeness (QED) is 0.315.